The molecule has 5 heterocycles. The second-order valence-electron chi connectivity index (χ2n) is 11.0. The Morgan fingerprint density at radius 1 is 1.17 bits per heavy atom. The number of ketones is 1. The average Bonchev–Trinajstić information content (AvgIpc) is 3.41. The maximum atomic E-state index is 13.2. The van der Waals surface area contributed by atoms with E-state index in [0.29, 0.717) is 48.5 Å². The number of carbonyl (C=O) groups is 1. The van der Waals surface area contributed by atoms with Crippen molar-refractivity contribution >= 4 is 27.0 Å². The summed E-state index contributed by atoms with van der Waals surface area (Å²) in [5, 5.41) is 0. The molecular formula is C29H33F3N4O4S2. The van der Waals surface area contributed by atoms with Crippen LogP contribution in [0.1, 0.15) is 83.3 Å². The monoisotopic (exact) mass is 622 g/mol. The minimum Gasteiger partial charge on any atom is -0.366 e. The quantitative estimate of drug-likeness (QED) is 0.301. The van der Waals surface area contributed by atoms with E-state index in [1.165, 1.54) is 36.0 Å². The van der Waals surface area contributed by atoms with E-state index in [2.05, 4.69) is 19.9 Å². The Hall–Kier alpha value is -2.74. The van der Waals surface area contributed by atoms with Gasteiger partial charge in [-0.1, -0.05) is 6.92 Å². The third-order valence-electron chi connectivity index (χ3n) is 8.14. The van der Waals surface area contributed by atoms with Crippen molar-refractivity contribution in [2.45, 2.75) is 81.7 Å². The molecule has 0 amide bonds. The van der Waals surface area contributed by atoms with Crippen molar-refractivity contribution in [3.05, 3.63) is 69.2 Å². The second kappa shape index (κ2) is 11.7. The molecule has 0 unspecified atom stereocenters. The lowest BCUT2D eigenvalue weighted by Gasteiger charge is -2.47. The number of rotatable bonds is 8. The van der Waals surface area contributed by atoms with E-state index in [-0.39, 0.29) is 35.0 Å². The van der Waals surface area contributed by atoms with Gasteiger partial charge in [0.05, 0.1) is 21.6 Å². The van der Waals surface area contributed by atoms with Crippen LogP contribution in [0.4, 0.5) is 13.2 Å². The molecule has 0 bridgehead atoms. The molecule has 1 saturated heterocycles. The van der Waals surface area contributed by atoms with Crippen molar-refractivity contribution in [1.82, 2.24) is 19.9 Å². The molecule has 226 valence electrons. The van der Waals surface area contributed by atoms with E-state index >= 15 is 0 Å². The minimum absolute atomic E-state index is 0.00451. The number of alkyl halides is 3. The molecule has 1 spiro atoms. The summed E-state index contributed by atoms with van der Waals surface area (Å²) < 4.78 is 69.2. The fourth-order valence-electron chi connectivity index (χ4n) is 5.70. The van der Waals surface area contributed by atoms with Crippen molar-refractivity contribution in [2.75, 3.05) is 18.8 Å². The van der Waals surface area contributed by atoms with Gasteiger partial charge in [0.2, 0.25) is 5.82 Å². The van der Waals surface area contributed by atoms with Gasteiger partial charge in [0, 0.05) is 60.3 Å². The topological polar surface area (TPSA) is 102 Å². The molecule has 0 saturated carbocycles. The number of piperidine rings is 1. The van der Waals surface area contributed by atoms with Gasteiger partial charge in [-0.15, -0.1) is 11.3 Å². The van der Waals surface area contributed by atoms with E-state index in [1.807, 2.05) is 19.9 Å². The first-order chi connectivity index (χ1) is 19.8. The summed E-state index contributed by atoms with van der Waals surface area (Å²) in [7, 11) is -3.32. The van der Waals surface area contributed by atoms with Crippen LogP contribution in [0.3, 0.4) is 0 Å². The molecule has 42 heavy (non-hydrogen) atoms. The largest absolute Gasteiger partial charge is 0.451 e. The summed E-state index contributed by atoms with van der Waals surface area (Å²) in [5.74, 6) is -1.13. The molecule has 1 fully saturated rings. The van der Waals surface area contributed by atoms with Crippen molar-refractivity contribution in [2.24, 2.45) is 0 Å². The Morgan fingerprint density at radius 2 is 1.86 bits per heavy atom. The van der Waals surface area contributed by atoms with Crippen molar-refractivity contribution in [3.63, 3.8) is 0 Å². The summed E-state index contributed by atoms with van der Waals surface area (Å²) in [6.07, 6.45) is 2.04. The Morgan fingerprint density at radius 3 is 2.45 bits per heavy atom. The fraction of sp³-hybridized carbons (Fsp3) is 0.517. The Bertz CT molecular complexity index is 1530. The number of likely N-dealkylation sites (tertiary alicyclic amines) is 1. The van der Waals surface area contributed by atoms with E-state index in [4.69, 9.17) is 4.74 Å². The summed E-state index contributed by atoms with van der Waals surface area (Å²) in [5.41, 5.74) is 1.91. The number of aromatic nitrogens is 3. The molecule has 8 nitrogen and oxygen atoms in total. The number of thiophene rings is 1. The van der Waals surface area contributed by atoms with Crippen LogP contribution in [-0.2, 0) is 39.2 Å². The van der Waals surface area contributed by atoms with Gasteiger partial charge in [-0.3, -0.25) is 14.7 Å². The Kier molecular flexibility index (Phi) is 8.58. The number of pyridine rings is 1. The van der Waals surface area contributed by atoms with Crippen LogP contribution in [0.15, 0.2) is 41.7 Å². The van der Waals surface area contributed by atoms with Crippen LogP contribution < -0.4 is 0 Å². The highest BCUT2D eigenvalue weighted by Gasteiger charge is 2.45. The lowest BCUT2D eigenvalue weighted by Crippen LogP contribution is -2.48. The van der Waals surface area contributed by atoms with E-state index in [0.717, 1.165) is 16.9 Å². The number of carbonyl (C=O) groups excluding carboxylic acids is 1. The first-order valence-corrected chi connectivity index (χ1v) is 16.4. The zero-order valence-electron chi connectivity index (χ0n) is 23.6. The van der Waals surface area contributed by atoms with Crippen LogP contribution in [-0.4, -0.2) is 59.0 Å². The molecule has 13 heteroatoms. The Labute approximate surface area is 247 Å². The number of sulfone groups is 1. The Balaban J connectivity index is 1.25. The van der Waals surface area contributed by atoms with Crippen LogP contribution in [0, 0.1) is 0 Å². The first-order valence-electron chi connectivity index (χ1n) is 14.0. The van der Waals surface area contributed by atoms with Gasteiger partial charge in [0.1, 0.15) is 5.60 Å². The molecule has 2 aliphatic rings. The molecular weight excluding hydrogens is 589 g/mol. The van der Waals surface area contributed by atoms with Gasteiger partial charge in [0.15, 0.2) is 15.6 Å². The molecule has 3 aromatic heterocycles. The number of ether oxygens (including phenoxy) is 1. The van der Waals surface area contributed by atoms with Crippen molar-refractivity contribution < 1.29 is 31.1 Å². The predicted octanol–water partition coefficient (Wildman–Crippen LogP) is 5.57. The zero-order valence-corrected chi connectivity index (χ0v) is 25.3. The highest BCUT2D eigenvalue weighted by molar-refractivity contribution is 7.91. The van der Waals surface area contributed by atoms with Crippen LogP contribution >= 0.6 is 11.3 Å². The molecule has 0 N–H and O–H groups in total. The number of halogens is 3. The van der Waals surface area contributed by atoms with Crippen molar-refractivity contribution in [1.29, 1.82) is 0 Å². The second-order valence-corrected chi connectivity index (χ2v) is 14.3. The number of nitrogens with zero attached hydrogens (tertiary/aromatic N) is 4. The van der Waals surface area contributed by atoms with Crippen LogP contribution in [0.5, 0.6) is 0 Å². The van der Waals surface area contributed by atoms with E-state index < -0.39 is 27.4 Å². The summed E-state index contributed by atoms with van der Waals surface area (Å²) in [6, 6.07) is 5.03. The molecule has 0 aliphatic carbocycles. The molecule has 2 aliphatic heterocycles. The van der Waals surface area contributed by atoms with Crippen molar-refractivity contribution in [3.8, 4) is 0 Å². The van der Waals surface area contributed by atoms with Gasteiger partial charge < -0.3 is 4.74 Å². The number of hydrogen-bond acceptors (Lipinski definition) is 9. The zero-order chi connectivity index (χ0) is 30.3. The van der Waals surface area contributed by atoms with Crippen LogP contribution in [0.25, 0.3) is 0 Å². The van der Waals surface area contributed by atoms with E-state index in [1.54, 1.807) is 13.0 Å². The maximum absolute atomic E-state index is 13.2. The minimum atomic E-state index is -4.57. The first kappa shape index (κ1) is 30.7. The van der Waals surface area contributed by atoms with Gasteiger partial charge in [0.25, 0.3) is 0 Å². The van der Waals surface area contributed by atoms with Gasteiger partial charge in [-0.25, -0.2) is 18.4 Å². The van der Waals surface area contributed by atoms with Crippen LogP contribution in [0.2, 0.25) is 0 Å². The fourth-order valence-corrected chi connectivity index (χ4v) is 7.87. The lowest BCUT2D eigenvalue weighted by atomic mass is 9.83. The lowest BCUT2D eigenvalue weighted by molar-refractivity contribution is -0.145. The third kappa shape index (κ3) is 6.29. The normalized spacial score (nSPS) is 19.9. The number of aryl methyl sites for hydroxylation is 1. The SMILES string of the molecule is CCS(=O)(=O)c1ccc(CCC(=O)c2cc3c(s2)C2(CCN([C@H](C)c4cnc(C(F)(F)F)nc4)CC2)O[C@@H](C)C3)nc1. The van der Waals surface area contributed by atoms with Gasteiger partial charge >= 0.3 is 6.18 Å². The third-order valence-corrected chi connectivity index (χ3v) is 11.3. The molecule has 5 rings (SSSR count). The highest BCUT2D eigenvalue weighted by atomic mass is 32.2. The van der Waals surface area contributed by atoms with Gasteiger partial charge in [-0.2, -0.15) is 13.2 Å². The highest BCUT2D eigenvalue weighted by Crippen LogP contribution is 2.48. The molecule has 2 atom stereocenters. The molecule has 3 aromatic rings. The molecule has 0 aromatic carbocycles. The standard InChI is InChI=1S/C29H33F3N4O4S2/c1-4-42(38,39)23-7-5-22(33-17-23)6-8-24(37)25-14-20-13-18(2)40-28(26(20)41-25)9-11-36(12-10-28)19(3)21-15-34-27(35-16-21)29(30,31)32/h5,7,14-19H,4,6,8-13H2,1-3H3/t18-,19+/m0/s1. The summed E-state index contributed by atoms with van der Waals surface area (Å²) >= 11 is 1.49. The molecule has 0 radical (unpaired) electrons. The smallest absolute Gasteiger partial charge is 0.366 e. The average molecular weight is 623 g/mol. The van der Waals surface area contributed by atoms with E-state index in [9.17, 15) is 26.4 Å². The number of hydrogen-bond donors (Lipinski definition) is 0. The number of Topliss-reactive ketones (excluding diaryl/α,β-unsaturated/α-hetero) is 1. The predicted molar refractivity (Wildman–Crippen MR) is 151 cm³/mol. The maximum Gasteiger partial charge on any atom is 0.451 e. The summed E-state index contributed by atoms with van der Waals surface area (Å²) in [4.78, 5) is 28.6. The summed E-state index contributed by atoms with van der Waals surface area (Å²) in [6.45, 7) is 6.90. The number of fused-ring (bicyclic) bond motifs is 2. The van der Waals surface area contributed by atoms with Gasteiger partial charge in [-0.05, 0) is 63.3 Å².